The second-order valence-electron chi connectivity index (χ2n) is 13.1. The molecule has 2 saturated heterocycles. The van der Waals surface area contributed by atoms with Crippen molar-refractivity contribution in [2.24, 2.45) is 17.3 Å². The lowest BCUT2D eigenvalue weighted by molar-refractivity contribution is -0.251. The van der Waals surface area contributed by atoms with Crippen molar-refractivity contribution in [2.45, 2.75) is 136 Å². The second kappa shape index (κ2) is 12.6. The molecule has 0 unspecified atom stereocenters. The molecule has 2 aliphatic heterocycles. The Morgan fingerprint density at radius 3 is 2.00 bits per heavy atom. The molecule has 1 N–H and O–H groups in total. The minimum Gasteiger partial charge on any atom is -0.462 e. The Morgan fingerprint density at radius 1 is 0.913 bits per heavy atom. The van der Waals surface area contributed by atoms with Gasteiger partial charge in [-0.3, -0.25) is 24.0 Å². The van der Waals surface area contributed by atoms with Gasteiger partial charge in [0.25, 0.3) is 0 Å². The number of ether oxygens (including phenoxy) is 7. The van der Waals surface area contributed by atoms with Crippen LogP contribution in [0.5, 0.6) is 0 Å². The van der Waals surface area contributed by atoms with Crippen LogP contribution in [0.2, 0.25) is 0 Å². The van der Waals surface area contributed by atoms with Gasteiger partial charge in [0.1, 0.15) is 30.5 Å². The van der Waals surface area contributed by atoms with Gasteiger partial charge in [-0.2, -0.15) is 0 Å². The van der Waals surface area contributed by atoms with Gasteiger partial charge in [-0.25, -0.2) is 4.79 Å². The van der Waals surface area contributed by atoms with Gasteiger partial charge in [-0.05, 0) is 31.9 Å². The Bertz CT molecular complexity index is 1320. The molecule has 3 fully saturated rings. The predicted molar refractivity (Wildman–Crippen MR) is 154 cm³/mol. The number of fused-ring (bicyclic) bond motifs is 1. The maximum absolute atomic E-state index is 13.3. The Hall–Kier alpha value is -3.52. The Balaban J connectivity index is 2.09. The van der Waals surface area contributed by atoms with Crippen LogP contribution >= 0.6 is 0 Å². The van der Waals surface area contributed by atoms with Crippen LogP contribution in [-0.2, 0) is 61.9 Å². The monoisotopic (exact) mass is 652 g/mol. The van der Waals surface area contributed by atoms with E-state index in [2.05, 4.69) is 0 Å². The second-order valence-corrected chi connectivity index (χ2v) is 13.1. The zero-order valence-electron chi connectivity index (χ0n) is 27.6. The molecule has 14 nitrogen and oxygen atoms in total. The molecule has 0 aromatic rings. The first kappa shape index (κ1) is 35.3. The largest absolute Gasteiger partial charge is 0.462 e. The molecule has 12 atom stereocenters. The SMILES string of the molecule is CCCC(=O)O[C@@H]1/C(C)=C\[C@@H]2OC(=O)[C@]3(C)O[C@]23[C@@H](OC(C)=O)[C@H]2[C@@H](C)[C@@H](OC(C)=O)C[C@H](OC(C)=O)[C@]2(C)[C@@H](OC(C)=O)[C@H]1O. The van der Waals surface area contributed by atoms with Crippen LogP contribution in [0.3, 0.4) is 0 Å². The highest BCUT2D eigenvalue weighted by molar-refractivity contribution is 5.89. The van der Waals surface area contributed by atoms with E-state index in [4.69, 9.17) is 33.2 Å². The molecule has 14 heteroatoms. The summed E-state index contributed by atoms with van der Waals surface area (Å²) in [6.45, 7) is 12.8. The number of epoxide rings is 1. The zero-order chi connectivity index (χ0) is 34.5. The van der Waals surface area contributed by atoms with Gasteiger partial charge in [-0.1, -0.05) is 20.8 Å². The quantitative estimate of drug-likeness (QED) is 0.181. The molecule has 256 valence electrons. The van der Waals surface area contributed by atoms with Gasteiger partial charge in [-0.15, -0.1) is 0 Å². The number of aliphatic hydroxyl groups is 1. The molecule has 2 heterocycles. The summed E-state index contributed by atoms with van der Waals surface area (Å²) >= 11 is 0. The van der Waals surface area contributed by atoms with E-state index < -0.39 is 107 Å². The minimum absolute atomic E-state index is 0.0177. The standard InChI is InChI=1S/C32H44O14/c1-10-11-23(37)45-26-14(2)12-22-32(31(9,46-32)29(39)44-22)27(42-18(6)35)24-15(3)20(40-16(4)33)13-21(41-17(5)34)30(24,8)28(25(26)38)43-19(7)36/h12,15,20-22,24-28,38H,10-11,13H2,1-9H3/b14-12-/t15-,20-,21-,22-,24+,25-,26+,27-,28-,30-,31-,32-/m0/s1. The molecular weight excluding hydrogens is 608 g/mol. The third kappa shape index (κ3) is 5.78. The third-order valence-electron chi connectivity index (χ3n) is 9.90. The van der Waals surface area contributed by atoms with Gasteiger partial charge >= 0.3 is 35.8 Å². The van der Waals surface area contributed by atoms with Crippen LogP contribution in [-0.4, -0.2) is 94.9 Å². The van der Waals surface area contributed by atoms with Crippen molar-refractivity contribution in [2.75, 3.05) is 0 Å². The maximum atomic E-state index is 13.3. The lowest BCUT2D eigenvalue weighted by Gasteiger charge is -2.57. The van der Waals surface area contributed by atoms with Crippen LogP contribution in [0.1, 0.15) is 81.6 Å². The van der Waals surface area contributed by atoms with E-state index in [0.717, 1.165) is 6.92 Å². The van der Waals surface area contributed by atoms with Gasteiger partial charge in [0.15, 0.2) is 23.4 Å². The fourth-order valence-corrected chi connectivity index (χ4v) is 7.90. The van der Waals surface area contributed by atoms with Crippen LogP contribution in [0.4, 0.5) is 0 Å². The number of carbonyl (C=O) groups excluding carboxylic acids is 6. The van der Waals surface area contributed by atoms with Crippen LogP contribution in [0.25, 0.3) is 0 Å². The van der Waals surface area contributed by atoms with Gasteiger partial charge < -0.3 is 38.3 Å². The summed E-state index contributed by atoms with van der Waals surface area (Å²) in [5, 5.41) is 12.2. The summed E-state index contributed by atoms with van der Waals surface area (Å²) in [5.74, 6) is -6.17. The van der Waals surface area contributed by atoms with Crippen molar-refractivity contribution in [3.63, 3.8) is 0 Å². The summed E-state index contributed by atoms with van der Waals surface area (Å²) in [5.41, 5.74) is -4.68. The molecule has 4 aliphatic rings. The highest BCUT2D eigenvalue weighted by atomic mass is 16.7. The highest BCUT2D eigenvalue weighted by Crippen LogP contribution is 2.66. The normalized spacial score (nSPS) is 42.3. The van der Waals surface area contributed by atoms with E-state index in [1.807, 2.05) is 0 Å². The summed E-state index contributed by atoms with van der Waals surface area (Å²) in [4.78, 5) is 76.7. The minimum atomic E-state index is -1.76. The first-order valence-corrected chi connectivity index (χ1v) is 15.5. The first-order chi connectivity index (χ1) is 21.3. The van der Waals surface area contributed by atoms with E-state index in [9.17, 15) is 33.9 Å². The van der Waals surface area contributed by atoms with Crippen LogP contribution < -0.4 is 0 Å². The Labute approximate surface area is 267 Å². The first-order valence-electron chi connectivity index (χ1n) is 15.5. The van der Waals surface area contributed by atoms with Gasteiger partial charge in [0, 0.05) is 52.4 Å². The average Bonchev–Trinajstić information content (AvgIpc) is 3.52. The van der Waals surface area contributed by atoms with E-state index >= 15 is 0 Å². The number of hydrogen-bond donors (Lipinski definition) is 1. The van der Waals surface area contributed by atoms with Crippen molar-refractivity contribution in [3.05, 3.63) is 11.6 Å². The Morgan fingerprint density at radius 2 is 1.48 bits per heavy atom. The zero-order valence-corrected chi connectivity index (χ0v) is 27.6. The Kier molecular flexibility index (Phi) is 9.67. The summed E-state index contributed by atoms with van der Waals surface area (Å²) in [6, 6.07) is 0. The van der Waals surface area contributed by atoms with Crippen molar-refractivity contribution in [3.8, 4) is 0 Å². The summed E-state index contributed by atoms with van der Waals surface area (Å²) in [6.07, 6.45) is -7.65. The van der Waals surface area contributed by atoms with E-state index in [0.29, 0.717) is 6.42 Å². The molecular formula is C32H44O14. The summed E-state index contributed by atoms with van der Waals surface area (Å²) in [7, 11) is 0. The molecule has 4 rings (SSSR count). The molecule has 0 radical (unpaired) electrons. The fraction of sp³-hybridized carbons (Fsp3) is 0.750. The maximum Gasteiger partial charge on any atom is 0.342 e. The molecule has 2 aliphatic carbocycles. The van der Waals surface area contributed by atoms with Crippen molar-refractivity contribution in [1.82, 2.24) is 0 Å². The van der Waals surface area contributed by atoms with Crippen molar-refractivity contribution < 1.29 is 67.0 Å². The fourth-order valence-electron chi connectivity index (χ4n) is 7.90. The molecule has 0 aromatic carbocycles. The molecule has 46 heavy (non-hydrogen) atoms. The lowest BCUT2D eigenvalue weighted by atomic mass is 9.52. The molecule has 0 aromatic heterocycles. The molecule has 1 spiro atoms. The van der Waals surface area contributed by atoms with E-state index in [-0.39, 0.29) is 18.4 Å². The predicted octanol–water partition coefficient (Wildman–Crippen LogP) is 1.86. The number of hydrogen-bond acceptors (Lipinski definition) is 14. The molecule has 1 saturated carbocycles. The number of aliphatic hydroxyl groups excluding tert-OH is 1. The lowest BCUT2D eigenvalue weighted by Crippen LogP contribution is -2.69. The van der Waals surface area contributed by atoms with E-state index in [1.54, 1.807) is 27.7 Å². The molecule has 0 amide bonds. The summed E-state index contributed by atoms with van der Waals surface area (Å²) < 4.78 is 41.3. The van der Waals surface area contributed by atoms with Crippen LogP contribution in [0, 0.1) is 17.3 Å². The van der Waals surface area contributed by atoms with Gasteiger partial charge in [0.05, 0.1) is 5.41 Å². The van der Waals surface area contributed by atoms with Gasteiger partial charge in [0.2, 0.25) is 0 Å². The van der Waals surface area contributed by atoms with Crippen molar-refractivity contribution in [1.29, 1.82) is 0 Å². The third-order valence-corrected chi connectivity index (χ3v) is 9.90. The number of carbonyl (C=O) groups is 6. The number of rotatable bonds is 7. The topological polar surface area (TPSA) is 191 Å². The smallest absolute Gasteiger partial charge is 0.342 e. The number of esters is 6. The molecule has 0 bridgehead atoms. The van der Waals surface area contributed by atoms with E-state index in [1.165, 1.54) is 33.8 Å². The average molecular weight is 653 g/mol. The van der Waals surface area contributed by atoms with Crippen molar-refractivity contribution >= 4 is 35.8 Å². The highest BCUT2D eigenvalue weighted by Gasteiger charge is 2.87. The van der Waals surface area contributed by atoms with Crippen LogP contribution in [0.15, 0.2) is 11.6 Å².